The molecule has 0 saturated carbocycles. The molecule has 6 heteroatoms. The number of hydrogen-bond donors (Lipinski definition) is 1. The van der Waals surface area contributed by atoms with Gasteiger partial charge in [-0.05, 0) is 25.8 Å². The molecule has 1 aromatic heterocycles. The summed E-state index contributed by atoms with van der Waals surface area (Å²) in [4.78, 5) is 16.6. The second kappa shape index (κ2) is 5.30. The van der Waals surface area contributed by atoms with Crippen LogP contribution >= 0.6 is 0 Å². The first-order valence-corrected chi connectivity index (χ1v) is 6.12. The maximum atomic E-state index is 11.0. The third-order valence-electron chi connectivity index (χ3n) is 3.40. The monoisotopic (exact) mass is 251 g/mol. The van der Waals surface area contributed by atoms with E-state index in [9.17, 15) is 15.2 Å². The van der Waals surface area contributed by atoms with Crippen LogP contribution in [-0.4, -0.2) is 34.2 Å². The number of nitro groups is 1. The number of anilines is 1. The molecule has 1 fully saturated rings. The molecule has 2 unspecified atom stereocenters. The van der Waals surface area contributed by atoms with Gasteiger partial charge in [0.25, 0.3) is 0 Å². The molecule has 1 saturated heterocycles. The minimum atomic E-state index is -0.408. The van der Waals surface area contributed by atoms with Crippen molar-refractivity contribution in [1.29, 1.82) is 0 Å². The number of piperidine rings is 1. The minimum Gasteiger partial charge on any atom is -0.393 e. The first kappa shape index (κ1) is 12.8. The molecule has 0 aliphatic carbocycles. The number of nitrogens with zero attached hydrogens (tertiary/aromatic N) is 3. The molecular weight excluding hydrogens is 234 g/mol. The lowest BCUT2D eigenvalue weighted by atomic mass is 9.93. The van der Waals surface area contributed by atoms with Crippen molar-refractivity contribution in [3.05, 3.63) is 28.4 Å². The van der Waals surface area contributed by atoms with E-state index in [0.29, 0.717) is 12.4 Å². The Labute approximate surface area is 105 Å². The van der Waals surface area contributed by atoms with Gasteiger partial charge in [0.1, 0.15) is 0 Å². The number of aliphatic hydroxyl groups excluding tert-OH is 1. The summed E-state index contributed by atoms with van der Waals surface area (Å²) >= 11 is 0. The lowest BCUT2D eigenvalue weighted by Crippen LogP contribution is -2.40. The van der Waals surface area contributed by atoms with E-state index in [-0.39, 0.29) is 11.6 Å². The third kappa shape index (κ3) is 2.59. The number of aliphatic hydroxyl groups is 1. The largest absolute Gasteiger partial charge is 0.393 e. The van der Waals surface area contributed by atoms with E-state index in [4.69, 9.17) is 0 Å². The molecule has 6 nitrogen and oxygen atoms in total. The van der Waals surface area contributed by atoms with Crippen LogP contribution < -0.4 is 4.90 Å². The standard InChI is InChI=1S/C12H17N3O3/c1-9(16)10-4-3-7-14(8-10)12-11(15(17)18)5-2-6-13-12/h2,5-6,9-10,16H,3-4,7-8H2,1H3. The van der Waals surface area contributed by atoms with Gasteiger partial charge in [0.05, 0.1) is 11.0 Å². The normalized spacial score (nSPS) is 21.7. The van der Waals surface area contributed by atoms with E-state index < -0.39 is 11.0 Å². The lowest BCUT2D eigenvalue weighted by Gasteiger charge is -2.34. The van der Waals surface area contributed by atoms with Crippen LogP contribution in [0.15, 0.2) is 18.3 Å². The zero-order valence-electron chi connectivity index (χ0n) is 10.3. The zero-order valence-corrected chi connectivity index (χ0v) is 10.3. The van der Waals surface area contributed by atoms with Gasteiger partial charge in [-0.3, -0.25) is 10.1 Å². The molecular formula is C12H17N3O3. The fourth-order valence-electron chi connectivity index (χ4n) is 2.37. The summed E-state index contributed by atoms with van der Waals surface area (Å²) in [7, 11) is 0. The Balaban J connectivity index is 2.23. The van der Waals surface area contributed by atoms with E-state index in [1.165, 1.54) is 6.07 Å². The highest BCUT2D eigenvalue weighted by Gasteiger charge is 2.28. The Morgan fingerprint density at radius 3 is 3.11 bits per heavy atom. The molecule has 1 aromatic rings. The molecule has 0 amide bonds. The number of rotatable bonds is 3. The predicted octanol–water partition coefficient (Wildman–Crippen LogP) is 1.59. The smallest absolute Gasteiger partial charge is 0.311 e. The van der Waals surface area contributed by atoms with Crippen LogP contribution in [0, 0.1) is 16.0 Å². The first-order valence-electron chi connectivity index (χ1n) is 6.12. The predicted molar refractivity (Wildman–Crippen MR) is 67.5 cm³/mol. The average molecular weight is 251 g/mol. The molecule has 2 rings (SSSR count). The molecule has 1 aliphatic rings. The Hall–Kier alpha value is -1.69. The molecule has 0 radical (unpaired) electrons. The van der Waals surface area contributed by atoms with Crippen LogP contribution in [0.25, 0.3) is 0 Å². The van der Waals surface area contributed by atoms with Crippen molar-refractivity contribution in [2.24, 2.45) is 5.92 Å². The molecule has 98 valence electrons. The molecule has 1 aliphatic heterocycles. The van der Waals surface area contributed by atoms with Crippen molar-refractivity contribution in [2.75, 3.05) is 18.0 Å². The number of pyridine rings is 1. The van der Waals surface area contributed by atoms with Crippen LogP contribution in [-0.2, 0) is 0 Å². The van der Waals surface area contributed by atoms with Crippen LogP contribution in [0.4, 0.5) is 11.5 Å². The van der Waals surface area contributed by atoms with Crippen LogP contribution in [0.1, 0.15) is 19.8 Å². The fourth-order valence-corrected chi connectivity index (χ4v) is 2.37. The van der Waals surface area contributed by atoms with Gasteiger partial charge < -0.3 is 10.0 Å². The number of hydrogen-bond acceptors (Lipinski definition) is 5. The Bertz CT molecular complexity index is 436. The summed E-state index contributed by atoms with van der Waals surface area (Å²) in [6.45, 7) is 3.14. The number of aromatic nitrogens is 1. The molecule has 0 bridgehead atoms. The molecule has 0 spiro atoms. The SMILES string of the molecule is CC(O)C1CCCN(c2ncccc2[N+](=O)[O-])C1. The molecule has 18 heavy (non-hydrogen) atoms. The summed E-state index contributed by atoms with van der Waals surface area (Å²) in [6, 6.07) is 3.03. The second-order valence-electron chi connectivity index (χ2n) is 4.69. The van der Waals surface area contributed by atoms with Gasteiger partial charge in [-0.1, -0.05) is 0 Å². The maximum Gasteiger partial charge on any atom is 0.311 e. The van der Waals surface area contributed by atoms with Gasteiger partial charge in [-0.25, -0.2) is 4.98 Å². The summed E-state index contributed by atoms with van der Waals surface area (Å²) in [5.41, 5.74) is 0.0312. The van der Waals surface area contributed by atoms with Gasteiger partial charge in [-0.2, -0.15) is 0 Å². The van der Waals surface area contributed by atoms with Gasteiger partial charge in [0.2, 0.25) is 5.82 Å². The quantitative estimate of drug-likeness (QED) is 0.651. The fraction of sp³-hybridized carbons (Fsp3) is 0.583. The summed E-state index contributed by atoms with van der Waals surface area (Å²) < 4.78 is 0. The van der Waals surface area contributed by atoms with Crippen molar-refractivity contribution in [3.63, 3.8) is 0 Å². The van der Waals surface area contributed by atoms with E-state index in [2.05, 4.69) is 4.98 Å². The summed E-state index contributed by atoms with van der Waals surface area (Å²) in [5.74, 6) is 0.563. The average Bonchev–Trinajstić information content (AvgIpc) is 2.39. The molecule has 2 heterocycles. The highest BCUT2D eigenvalue weighted by atomic mass is 16.6. The van der Waals surface area contributed by atoms with Crippen molar-refractivity contribution < 1.29 is 10.0 Å². The van der Waals surface area contributed by atoms with E-state index in [1.807, 2.05) is 4.90 Å². The zero-order chi connectivity index (χ0) is 13.1. The Kier molecular flexibility index (Phi) is 3.76. The molecule has 1 N–H and O–H groups in total. The lowest BCUT2D eigenvalue weighted by molar-refractivity contribution is -0.384. The van der Waals surface area contributed by atoms with Crippen molar-refractivity contribution in [2.45, 2.75) is 25.9 Å². The van der Waals surface area contributed by atoms with E-state index in [1.54, 1.807) is 19.2 Å². The van der Waals surface area contributed by atoms with Crippen molar-refractivity contribution in [3.8, 4) is 0 Å². The summed E-state index contributed by atoms with van der Waals surface area (Å²) in [5, 5.41) is 20.6. The van der Waals surface area contributed by atoms with Crippen molar-refractivity contribution >= 4 is 11.5 Å². The maximum absolute atomic E-state index is 11.0. The van der Waals surface area contributed by atoms with Gasteiger partial charge >= 0.3 is 5.69 Å². The third-order valence-corrected chi connectivity index (χ3v) is 3.40. The Morgan fingerprint density at radius 2 is 2.44 bits per heavy atom. The van der Waals surface area contributed by atoms with E-state index >= 15 is 0 Å². The minimum absolute atomic E-state index is 0.0312. The molecule has 0 aromatic carbocycles. The van der Waals surface area contributed by atoms with Gasteiger partial charge in [0, 0.05) is 31.3 Å². The van der Waals surface area contributed by atoms with Crippen LogP contribution in [0.5, 0.6) is 0 Å². The van der Waals surface area contributed by atoms with Crippen LogP contribution in [0.2, 0.25) is 0 Å². The topological polar surface area (TPSA) is 79.5 Å². The van der Waals surface area contributed by atoms with Crippen molar-refractivity contribution in [1.82, 2.24) is 4.98 Å². The summed E-state index contributed by atoms with van der Waals surface area (Å²) in [6.07, 6.45) is 3.04. The molecule has 2 atom stereocenters. The van der Waals surface area contributed by atoms with E-state index in [0.717, 1.165) is 19.4 Å². The second-order valence-corrected chi connectivity index (χ2v) is 4.69. The Morgan fingerprint density at radius 1 is 1.67 bits per heavy atom. The highest BCUT2D eigenvalue weighted by Crippen LogP contribution is 2.29. The van der Waals surface area contributed by atoms with Gasteiger partial charge in [-0.15, -0.1) is 0 Å². The first-order chi connectivity index (χ1) is 8.59. The van der Waals surface area contributed by atoms with Crippen LogP contribution in [0.3, 0.4) is 0 Å². The van der Waals surface area contributed by atoms with Gasteiger partial charge in [0.15, 0.2) is 0 Å². The highest BCUT2D eigenvalue weighted by molar-refractivity contribution is 5.57.